The molecule has 13 heteroatoms. The van der Waals surface area contributed by atoms with Crippen molar-refractivity contribution in [1.82, 2.24) is 15.0 Å². The number of ether oxygens (including phenoxy) is 2. The molecule has 162 valence electrons. The second-order valence-electron chi connectivity index (χ2n) is 5.56. The molecule has 2 aromatic rings. The van der Waals surface area contributed by atoms with Crippen molar-refractivity contribution >= 4 is 27.9 Å². The van der Waals surface area contributed by atoms with Crippen LogP contribution >= 0.6 is 0 Å². The lowest BCUT2D eigenvalue weighted by molar-refractivity contribution is -0.666. The topological polar surface area (TPSA) is 159 Å². The summed E-state index contributed by atoms with van der Waals surface area (Å²) in [4.78, 5) is 28.8. The third kappa shape index (κ3) is 5.11. The number of nitrogens with zero attached hydrogens (tertiary/aromatic N) is 4. The zero-order valence-corrected chi connectivity index (χ0v) is 17.8. The molecule has 1 aromatic heterocycles. The van der Waals surface area contributed by atoms with E-state index < -0.39 is 22.0 Å². The molecule has 0 spiro atoms. The average molecular weight is 439 g/mol. The summed E-state index contributed by atoms with van der Waals surface area (Å²) < 4.78 is 36.8. The van der Waals surface area contributed by atoms with Gasteiger partial charge in [0.1, 0.15) is 17.8 Å². The number of hydrogen-bond donors (Lipinski definition) is 2. The fourth-order valence-corrected chi connectivity index (χ4v) is 3.71. The monoisotopic (exact) mass is 439 g/mol. The molecule has 1 heterocycles. The van der Waals surface area contributed by atoms with E-state index in [-0.39, 0.29) is 29.0 Å². The first-order chi connectivity index (χ1) is 14.2. The van der Waals surface area contributed by atoms with Gasteiger partial charge < -0.3 is 14.3 Å². The quantitative estimate of drug-likeness (QED) is 0.193. The van der Waals surface area contributed by atoms with Crippen molar-refractivity contribution in [3.05, 3.63) is 35.7 Å². The Labute approximate surface area is 173 Å². The number of anilines is 1. The van der Waals surface area contributed by atoms with Gasteiger partial charge in [0.15, 0.2) is 0 Å². The molecule has 0 saturated heterocycles. The number of guanidine groups is 1. The molecule has 12 nitrogen and oxygen atoms in total. The van der Waals surface area contributed by atoms with Crippen LogP contribution in [0, 0.1) is 6.92 Å². The Hall–Kier alpha value is -3.48. The number of benzene rings is 1. The summed E-state index contributed by atoms with van der Waals surface area (Å²) in [7, 11) is -3.31. The van der Waals surface area contributed by atoms with E-state index in [1.54, 1.807) is 20.8 Å². The lowest BCUT2D eigenvalue weighted by Gasteiger charge is -2.12. The highest BCUT2D eigenvalue weighted by Crippen LogP contribution is 2.19. The van der Waals surface area contributed by atoms with Crippen LogP contribution in [0.2, 0.25) is 0 Å². The number of esters is 1. The van der Waals surface area contributed by atoms with Crippen LogP contribution in [-0.4, -0.2) is 59.8 Å². The van der Waals surface area contributed by atoms with Crippen LogP contribution in [0.5, 0.6) is 6.01 Å². The molecule has 30 heavy (non-hydrogen) atoms. The number of nitrogens with two attached hydrogens (primary N) is 1. The van der Waals surface area contributed by atoms with Crippen LogP contribution in [0.25, 0.3) is 0 Å². The fourth-order valence-electron chi connectivity index (χ4n) is 2.35. The Kier molecular flexibility index (Phi) is 7.47. The molecular formula is C17H23N6O6S+. The summed E-state index contributed by atoms with van der Waals surface area (Å²) in [5, 5.41) is 2.54. The summed E-state index contributed by atoms with van der Waals surface area (Å²) in [5.74, 6) is -1.000. The molecule has 1 aromatic carbocycles. The molecule has 0 aliphatic heterocycles. The summed E-state index contributed by atoms with van der Waals surface area (Å²) in [5.41, 5.74) is 5.75. The minimum atomic E-state index is -4.41. The molecule has 2 rings (SSSR count). The zero-order chi connectivity index (χ0) is 22.3. The average Bonchev–Trinajstić information content (AvgIpc) is 2.68. The minimum absolute atomic E-state index is 0.0415. The first kappa shape index (κ1) is 22.8. The predicted molar refractivity (Wildman–Crippen MR) is 105 cm³/mol. The van der Waals surface area contributed by atoms with Crippen LogP contribution in [0.1, 0.15) is 30.0 Å². The van der Waals surface area contributed by atoms with E-state index in [2.05, 4.69) is 20.3 Å². The first-order valence-corrected chi connectivity index (χ1v) is 10.3. The molecule has 0 atom stereocenters. The number of carbonyl (C=O) groups excluding carboxylic acids is 1. The van der Waals surface area contributed by atoms with Crippen molar-refractivity contribution < 1.29 is 31.7 Å². The highest BCUT2D eigenvalue weighted by atomic mass is 32.2. The largest absolute Gasteiger partial charge is 0.464 e. The van der Waals surface area contributed by atoms with Gasteiger partial charge in [-0.05, 0) is 32.9 Å². The van der Waals surface area contributed by atoms with Gasteiger partial charge in [0, 0.05) is 4.14 Å². The van der Waals surface area contributed by atoms with Crippen LogP contribution in [0.3, 0.4) is 0 Å². The molecule has 0 aliphatic carbocycles. The van der Waals surface area contributed by atoms with E-state index in [0.717, 1.165) is 7.11 Å². The third-order valence-electron chi connectivity index (χ3n) is 3.48. The summed E-state index contributed by atoms with van der Waals surface area (Å²) >= 11 is 0. The van der Waals surface area contributed by atoms with E-state index in [1.165, 1.54) is 24.3 Å². The van der Waals surface area contributed by atoms with Gasteiger partial charge in [-0.2, -0.15) is 18.4 Å². The van der Waals surface area contributed by atoms with E-state index >= 15 is 0 Å². The molecule has 0 aliphatic rings. The van der Waals surface area contributed by atoms with Crippen molar-refractivity contribution in [3.63, 3.8) is 0 Å². The first-order valence-electron chi connectivity index (χ1n) is 8.85. The molecular weight excluding hydrogens is 416 g/mol. The Morgan fingerprint density at radius 3 is 2.50 bits per heavy atom. The van der Waals surface area contributed by atoms with Gasteiger partial charge in [-0.25, -0.2) is 10.1 Å². The van der Waals surface area contributed by atoms with Gasteiger partial charge in [0.05, 0.1) is 18.8 Å². The predicted octanol–water partition coefficient (Wildman–Crippen LogP) is 0.445. The number of sulfonamides is 1. The van der Waals surface area contributed by atoms with E-state index in [1.807, 2.05) is 0 Å². The molecule has 0 amide bonds. The number of aromatic nitrogens is 3. The lowest BCUT2D eigenvalue weighted by atomic mass is 10.2. The molecule has 0 fully saturated rings. The standard InChI is InChI=1S/C17H22N6O6S/c1-5-28-14(24)12-9-7-8-10-13(12)30(25,26)23(27-4)15(18)21-16-19-11(3)20-17(22-16)29-6-2/h7-10H,5-6H2,1-4H3,(H2,18,19,20,21,22)/p+1. The smallest absolute Gasteiger partial charge is 0.404 e. The summed E-state index contributed by atoms with van der Waals surface area (Å²) in [6.07, 6.45) is 0. The van der Waals surface area contributed by atoms with Crippen molar-refractivity contribution in [2.45, 2.75) is 25.7 Å². The van der Waals surface area contributed by atoms with Gasteiger partial charge in [-0.15, -0.1) is 4.98 Å². The highest BCUT2D eigenvalue weighted by molar-refractivity contribution is 7.85. The van der Waals surface area contributed by atoms with Gasteiger partial charge >= 0.3 is 28.0 Å². The summed E-state index contributed by atoms with van der Waals surface area (Å²) in [6, 6.07) is 5.57. The molecule has 3 N–H and O–H groups in total. The van der Waals surface area contributed by atoms with Crippen molar-refractivity contribution in [3.8, 4) is 6.01 Å². The number of nitrogens with one attached hydrogen (secondary N) is 1. The van der Waals surface area contributed by atoms with Gasteiger partial charge in [0.2, 0.25) is 0 Å². The maximum atomic E-state index is 13.1. The molecule has 0 radical (unpaired) electrons. The van der Waals surface area contributed by atoms with Crippen molar-refractivity contribution in [1.29, 1.82) is 0 Å². The third-order valence-corrected chi connectivity index (χ3v) is 5.18. The fraction of sp³-hybridized carbons (Fsp3) is 0.353. The second kappa shape index (κ2) is 9.82. The van der Waals surface area contributed by atoms with Crippen molar-refractivity contribution in [2.24, 2.45) is 5.73 Å². The maximum Gasteiger partial charge on any atom is 0.404 e. The Morgan fingerprint density at radius 1 is 1.17 bits per heavy atom. The van der Waals surface area contributed by atoms with Gasteiger partial charge in [0.25, 0.3) is 5.95 Å². The maximum absolute atomic E-state index is 13.1. The van der Waals surface area contributed by atoms with Crippen LogP contribution in [0.15, 0.2) is 29.2 Å². The van der Waals surface area contributed by atoms with Gasteiger partial charge in [-0.3, -0.25) is 5.73 Å². The highest BCUT2D eigenvalue weighted by Gasteiger charge is 2.32. The normalized spacial score (nSPS) is 12.0. The summed E-state index contributed by atoms with van der Waals surface area (Å²) in [6.45, 7) is 5.38. The Bertz CT molecular complexity index is 1060. The Balaban J connectivity index is 2.50. The van der Waals surface area contributed by atoms with Crippen molar-refractivity contribution in [2.75, 3.05) is 25.6 Å². The van der Waals surface area contributed by atoms with Crippen LogP contribution < -0.4 is 15.8 Å². The lowest BCUT2D eigenvalue weighted by Crippen LogP contribution is -2.39. The molecule has 0 bridgehead atoms. The molecule has 0 unspecified atom stereocenters. The van der Waals surface area contributed by atoms with E-state index in [4.69, 9.17) is 20.0 Å². The number of hydrogen-bond acceptors (Lipinski definition) is 9. The number of carbonyl (C=O) groups is 1. The molecule has 0 saturated carbocycles. The zero-order valence-electron chi connectivity index (χ0n) is 16.9. The van der Waals surface area contributed by atoms with Gasteiger partial charge in [-0.1, -0.05) is 12.1 Å². The van der Waals surface area contributed by atoms with Crippen LogP contribution in [-0.2, 0) is 19.6 Å². The minimum Gasteiger partial charge on any atom is -0.464 e. The van der Waals surface area contributed by atoms with Crippen LogP contribution in [0.4, 0.5) is 5.95 Å². The van der Waals surface area contributed by atoms with E-state index in [0.29, 0.717) is 16.6 Å². The Morgan fingerprint density at radius 2 is 1.87 bits per heavy atom. The SMILES string of the molecule is CCOC(=O)c1ccccc1S(=O)(=O)[N+](OC)=C(N)Nc1nc(C)nc(OCC)n1. The second-order valence-corrected chi connectivity index (χ2v) is 7.29. The number of rotatable bonds is 8. The van der Waals surface area contributed by atoms with E-state index in [9.17, 15) is 13.2 Å². The number of aryl methyl sites for hydroxylation is 1.